The molecular formula is C13H11N3O2S2. The maximum Gasteiger partial charge on any atom is 0.265 e. The van der Waals surface area contributed by atoms with E-state index in [0.717, 1.165) is 10.2 Å². The molecule has 0 aliphatic carbocycles. The number of nitrogens with one attached hydrogen (secondary N) is 1. The van der Waals surface area contributed by atoms with Crippen LogP contribution in [-0.4, -0.2) is 13.4 Å². The van der Waals surface area contributed by atoms with E-state index in [1.165, 1.54) is 17.4 Å². The summed E-state index contributed by atoms with van der Waals surface area (Å²) < 4.78 is 27.9. The molecule has 3 N–H and O–H groups in total. The number of aromatic nitrogens is 1. The zero-order valence-corrected chi connectivity index (χ0v) is 11.9. The molecular weight excluding hydrogens is 294 g/mol. The molecule has 0 atom stereocenters. The fourth-order valence-corrected chi connectivity index (χ4v) is 4.05. The van der Waals surface area contributed by atoms with Gasteiger partial charge in [0.05, 0.1) is 15.9 Å². The van der Waals surface area contributed by atoms with Crippen LogP contribution in [-0.2, 0) is 10.0 Å². The summed E-state index contributed by atoms with van der Waals surface area (Å²) in [6.45, 7) is 0. The number of hydrogen-bond acceptors (Lipinski definition) is 5. The molecule has 0 spiro atoms. The third-order valence-corrected chi connectivity index (χ3v) is 5.22. The number of nitrogens with two attached hydrogens (primary N) is 1. The van der Waals surface area contributed by atoms with Crippen LogP contribution in [0.1, 0.15) is 0 Å². The van der Waals surface area contributed by atoms with Crippen molar-refractivity contribution in [1.82, 2.24) is 4.98 Å². The highest BCUT2D eigenvalue weighted by Gasteiger charge is 2.18. The first-order valence-corrected chi connectivity index (χ1v) is 8.09. The molecule has 20 heavy (non-hydrogen) atoms. The normalized spacial score (nSPS) is 11.6. The lowest BCUT2D eigenvalue weighted by molar-refractivity contribution is 0.601. The Balaban J connectivity index is 1.99. The lowest BCUT2D eigenvalue weighted by Crippen LogP contribution is -2.14. The van der Waals surface area contributed by atoms with Crippen molar-refractivity contribution in [2.75, 3.05) is 10.5 Å². The first-order valence-electron chi connectivity index (χ1n) is 5.79. The van der Waals surface area contributed by atoms with Crippen molar-refractivity contribution in [3.63, 3.8) is 0 Å². The summed E-state index contributed by atoms with van der Waals surface area (Å²) in [7, 11) is -3.72. The Morgan fingerprint density at radius 3 is 2.50 bits per heavy atom. The molecule has 0 amide bonds. The highest BCUT2D eigenvalue weighted by Crippen LogP contribution is 2.28. The molecule has 0 aliphatic heterocycles. The van der Waals surface area contributed by atoms with E-state index in [4.69, 9.17) is 5.73 Å². The summed E-state index contributed by atoms with van der Waals surface area (Å²) >= 11 is 1.28. The molecule has 5 nitrogen and oxygen atoms in total. The van der Waals surface area contributed by atoms with Crippen LogP contribution in [0.4, 0.5) is 10.8 Å². The Morgan fingerprint density at radius 1 is 1.05 bits per heavy atom. The molecule has 102 valence electrons. The number of nitrogens with zero attached hydrogens (tertiary/aromatic N) is 1. The average Bonchev–Trinajstić information content (AvgIpc) is 2.80. The quantitative estimate of drug-likeness (QED) is 0.729. The Bertz CT molecular complexity index is 839. The standard InChI is InChI=1S/C13H11N3O2S2/c14-9-5-1-4-8-12(9)20(17,18)16-13-15-10-6-2-3-7-11(10)19-13/h1-8H,14H2,(H,15,16). The Hall–Kier alpha value is -2.12. The van der Waals surface area contributed by atoms with Crippen LogP contribution in [0.2, 0.25) is 0 Å². The van der Waals surface area contributed by atoms with Gasteiger partial charge < -0.3 is 5.73 Å². The zero-order chi connectivity index (χ0) is 14.2. The summed E-state index contributed by atoms with van der Waals surface area (Å²) in [6, 6.07) is 13.8. The summed E-state index contributed by atoms with van der Waals surface area (Å²) in [6.07, 6.45) is 0. The van der Waals surface area contributed by atoms with Gasteiger partial charge in [-0.25, -0.2) is 13.4 Å². The SMILES string of the molecule is Nc1ccccc1S(=O)(=O)Nc1nc2ccccc2s1. The number of sulfonamides is 1. The van der Waals surface area contributed by atoms with Crippen molar-refractivity contribution < 1.29 is 8.42 Å². The fourth-order valence-electron chi connectivity index (χ4n) is 1.81. The van der Waals surface area contributed by atoms with Gasteiger partial charge in [-0.15, -0.1) is 0 Å². The minimum Gasteiger partial charge on any atom is -0.398 e. The van der Waals surface area contributed by atoms with E-state index in [0.29, 0.717) is 5.13 Å². The summed E-state index contributed by atoms with van der Waals surface area (Å²) in [5, 5.41) is 0.328. The van der Waals surface area contributed by atoms with Crippen molar-refractivity contribution >= 4 is 42.4 Å². The molecule has 0 bridgehead atoms. The van der Waals surface area contributed by atoms with Gasteiger partial charge in [-0.05, 0) is 24.3 Å². The Morgan fingerprint density at radius 2 is 1.75 bits per heavy atom. The highest BCUT2D eigenvalue weighted by atomic mass is 32.2. The van der Waals surface area contributed by atoms with Gasteiger partial charge in [0.2, 0.25) is 0 Å². The van der Waals surface area contributed by atoms with Crippen LogP contribution in [0, 0.1) is 0 Å². The van der Waals surface area contributed by atoms with Gasteiger partial charge in [0.15, 0.2) is 5.13 Å². The van der Waals surface area contributed by atoms with E-state index in [1.807, 2.05) is 24.3 Å². The smallest absolute Gasteiger partial charge is 0.265 e. The van der Waals surface area contributed by atoms with E-state index >= 15 is 0 Å². The van der Waals surface area contributed by atoms with Crippen LogP contribution in [0.5, 0.6) is 0 Å². The Labute approximate surface area is 120 Å². The van der Waals surface area contributed by atoms with Crippen LogP contribution in [0.3, 0.4) is 0 Å². The first-order chi connectivity index (χ1) is 9.56. The van der Waals surface area contributed by atoms with Crippen LogP contribution >= 0.6 is 11.3 Å². The largest absolute Gasteiger partial charge is 0.398 e. The predicted molar refractivity (Wildman–Crippen MR) is 81.3 cm³/mol. The van der Waals surface area contributed by atoms with E-state index in [1.54, 1.807) is 18.2 Å². The van der Waals surface area contributed by atoms with Crippen molar-refractivity contribution in [1.29, 1.82) is 0 Å². The van der Waals surface area contributed by atoms with E-state index < -0.39 is 10.0 Å². The molecule has 0 unspecified atom stereocenters. The van der Waals surface area contributed by atoms with E-state index in [-0.39, 0.29) is 10.6 Å². The summed E-state index contributed by atoms with van der Waals surface area (Å²) in [5.41, 5.74) is 6.67. The molecule has 0 saturated carbocycles. The maximum atomic E-state index is 12.3. The molecule has 1 heterocycles. The van der Waals surface area contributed by atoms with Gasteiger partial charge in [-0.1, -0.05) is 35.6 Å². The molecule has 3 aromatic rings. The zero-order valence-electron chi connectivity index (χ0n) is 10.3. The number of rotatable bonds is 3. The highest BCUT2D eigenvalue weighted by molar-refractivity contribution is 7.93. The molecule has 0 aliphatic rings. The van der Waals surface area contributed by atoms with Crippen molar-refractivity contribution in [3.8, 4) is 0 Å². The van der Waals surface area contributed by atoms with Crippen LogP contribution in [0.15, 0.2) is 53.4 Å². The molecule has 1 aromatic heterocycles. The van der Waals surface area contributed by atoms with E-state index in [2.05, 4.69) is 9.71 Å². The molecule has 0 fully saturated rings. The second kappa shape index (κ2) is 4.77. The number of para-hydroxylation sites is 2. The summed E-state index contributed by atoms with van der Waals surface area (Å²) in [4.78, 5) is 4.30. The molecule has 0 radical (unpaired) electrons. The predicted octanol–water partition coefficient (Wildman–Crippen LogP) is 2.68. The third kappa shape index (κ3) is 2.33. The Kier molecular flexibility index (Phi) is 3.07. The number of anilines is 2. The fraction of sp³-hybridized carbons (Fsp3) is 0. The van der Waals surface area contributed by atoms with Crippen molar-refractivity contribution in [3.05, 3.63) is 48.5 Å². The number of nitrogen functional groups attached to an aromatic ring is 1. The van der Waals surface area contributed by atoms with Crippen LogP contribution in [0.25, 0.3) is 10.2 Å². The number of hydrogen-bond donors (Lipinski definition) is 2. The third-order valence-electron chi connectivity index (χ3n) is 2.72. The lowest BCUT2D eigenvalue weighted by atomic mass is 10.3. The number of thiazole rings is 1. The maximum absolute atomic E-state index is 12.3. The van der Waals surface area contributed by atoms with Gasteiger partial charge >= 0.3 is 0 Å². The van der Waals surface area contributed by atoms with Gasteiger partial charge in [-0.2, -0.15) is 0 Å². The second-order valence-electron chi connectivity index (χ2n) is 4.13. The number of fused-ring (bicyclic) bond motifs is 1. The van der Waals surface area contributed by atoms with Gasteiger partial charge in [-0.3, -0.25) is 4.72 Å². The van der Waals surface area contributed by atoms with E-state index in [9.17, 15) is 8.42 Å². The monoisotopic (exact) mass is 305 g/mol. The second-order valence-corrected chi connectivity index (χ2v) is 6.81. The summed E-state index contributed by atoms with van der Waals surface area (Å²) in [5.74, 6) is 0. The van der Waals surface area contributed by atoms with Gasteiger partial charge in [0.1, 0.15) is 4.90 Å². The van der Waals surface area contributed by atoms with Crippen molar-refractivity contribution in [2.24, 2.45) is 0 Å². The molecule has 3 rings (SSSR count). The van der Waals surface area contributed by atoms with Gasteiger partial charge in [0, 0.05) is 0 Å². The lowest BCUT2D eigenvalue weighted by Gasteiger charge is -2.07. The van der Waals surface area contributed by atoms with Gasteiger partial charge in [0.25, 0.3) is 10.0 Å². The molecule has 7 heteroatoms. The minimum atomic E-state index is -3.72. The topological polar surface area (TPSA) is 85.1 Å². The van der Waals surface area contributed by atoms with Crippen LogP contribution < -0.4 is 10.5 Å². The average molecular weight is 305 g/mol. The number of benzene rings is 2. The minimum absolute atomic E-state index is 0.0549. The van der Waals surface area contributed by atoms with Crippen molar-refractivity contribution in [2.45, 2.75) is 4.90 Å². The molecule has 0 saturated heterocycles. The molecule has 2 aromatic carbocycles. The first kappa shape index (κ1) is 12.9.